The monoisotopic (exact) mass is 648 g/mol. The van der Waals surface area contributed by atoms with Gasteiger partial charge in [0.15, 0.2) is 0 Å². The first-order valence-corrected chi connectivity index (χ1v) is 17.2. The van der Waals surface area contributed by atoms with E-state index in [-0.39, 0.29) is 0 Å². The van der Waals surface area contributed by atoms with Gasteiger partial charge in [0, 0.05) is 17.1 Å². The lowest BCUT2D eigenvalue weighted by Crippen LogP contribution is -2.09. The Hall–Kier alpha value is -6.95. The molecule has 0 amide bonds. The van der Waals surface area contributed by atoms with Gasteiger partial charge in [-0.15, -0.1) is 0 Å². The Bertz CT molecular complexity index is 2720. The zero-order valence-corrected chi connectivity index (χ0v) is 27.9. The third kappa shape index (κ3) is 5.39. The molecule has 0 aliphatic carbocycles. The molecule has 0 aliphatic heterocycles. The van der Waals surface area contributed by atoms with Crippen molar-refractivity contribution in [1.82, 2.24) is 0 Å². The van der Waals surface area contributed by atoms with Crippen molar-refractivity contribution in [3.63, 3.8) is 0 Å². The van der Waals surface area contributed by atoms with E-state index in [0.29, 0.717) is 5.56 Å². The van der Waals surface area contributed by atoms with Gasteiger partial charge in [-0.05, 0) is 120 Å². The van der Waals surface area contributed by atoms with E-state index in [4.69, 9.17) is 0 Å². The molecular formula is C49H32N2. The summed E-state index contributed by atoms with van der Waals surface area (Å²) in [6.07, 6.45) is 0. The van der Waals surface area contributed by atoms with Crippen molar-refractivity contribution in [2.24, 2.45) is 0 Å². The van der Waals surface area contributed by atoms with Crippen LogP contribution in [0.25, 0.3) is 65.7 Å². The number of rotatable bonds is 6. The molecule has 0 fully saturated rings. The number of hydrogen-bond donors (Lipinski definition) is 0. The lowest BCUT2D eigenvalue weighted by molar-refractivity contribution is 1.28. The van der Waals surface area contributed by atoms with Gasteiger partial charge in [0.2, 0.25) is 0 Å². The quantitative estimate of drug-likeness (QED) is 0.168. The van der Waals surface area contributed by atoms with Crippen LogP contribution in [0.4, 0.5) is 17.1 Å². The molecule has 9 aromatic rings. The SMILES string of the molecule is N#Cc1ccc(N(c2ccccc2)c2ccc(-c3ccc4c(-c5ccccc5)c5ccccc5c(-c5cccc6ccccc56)c4c3)cc2)cc1. The van der Waals surface area contributed by atoms with Crippen molar-refractivity contribution in [2.45, 2.75) is 0 Å². The lowest BCUT2D eigenvalue weighted by Gasteiger charge is -2.25. The number of benzene rings is 9. The Morgan fingerprint density at radius 1 is 0.353 bits per heavy atom. The second kappa shape index (κ2) is 12.8. The number of anilines is 3. The molecule has 0 bridgehead atoms. The molecule has 2 heteroatoms. The molecule has 0 radical (unpaired) electrons. The number of hydrogen-bond acceptors (Lipinski definition) is 2. The van der Waals surface area contributed by atoms with Crippen molar-refractivity contribution in [1.29, 1.82) is 5.26 Å². The molecule has 0 N–H and O–H groups in total. The van der Waals surface area contributed by atoms with Crippen molar-refractivity contribution in [3.8, 4) is 39.4 Å². The molecule has 9 aromatic carbocycles. The summed E-state index contributed by atoms with van der Waals surface area (Å²) in [5, 5.41) is 16.8. The summed E-state index contributed by atoms with van der Waals surface area (Å²) in [5.41, 5.74) is 11.0. The molecule has 0 atom stereocenters. The van der Waals surface area contributed by atoms with Crippen LogP contribution >= 0.6 is 0 Å². The second-order valence-electron chi connectivity index (χ2n) is 12.8. The first-order valence-electron chi connectivity index (χ1n) is 17.2. The third-order valence-electron chi connectivity index (χ3n) is 9.87. The molecular weight excluding hydrogens is 617 g/mol. The van der Waals surface area contributed by atoms with Crippen LogP contribution in [0.3, 0.4) is 0 Å². The van der Waals surface area contributed by atoms with Gasteiger partial charge in [-0.3, -0.25) is 0 Å². The largest absolute Gasteiger partial charge is 0.311 e. The standard InChI is InChI=1S/C49H32N2/c50-33-34-22-27-40(28-23-34)51(39-16-5-2-6-17-39)41-29-24-35(25-30-41)38-26-31-46-47(32-38)49(43-21-11-15-36-12-7-8-18-42(36)43)45-20-10-9-19-44(45)48(46)37-13-3-1-4-14-37/h1-32H. The van der Waals surface area contributed by atoms with Gasteiger partial charge in [-0.25, -0.2) is 0 Å². The van der Waals surface area contributed by atoms with Crippen LogP contribution in [-0.2, 0) is 0 Å². The van der Waals surface area contributed by atoms with Crippen LogP contribution in [0.1, 0.15) is 5.56 Å². The second-order valence-corrected chi connectivity index (χ2v) is 12.8. The van der Waals surface area contributed by atoms with Crippen molar-refractivity contribution in [3.05, 3.63) is 200 Å². The summed E-state index contributed by atoms with van der Waals surface area (Å²) in [7, 11) is 0. The highest BCUT2D eigenvalue weighted by atomic mass is 15.1. The molecule has 0 heterocycles. The van der Waals surface area contributed by atoms with Gasteiger partial charge >= 0.3 is 0 Å². The van der Waals surface area contributed by atoms with E-state index in [0.717, 1.165) is 28.2 Å². The molecule has 51 heavy (non-hydrogen) atoms. The summed E-state index contributed by atoms with van der Waals surface area (Å²) in [6.45, 7) is 0. The number of fused-ring (bicyclic) bond motifs is 3. The summed E-state index contributed by atoms with van der Waals surface area (Å²) in [4.78, 5) is 2.22. The van der Waals surface area contributed by atoms with Gasteiger partial charge in [0.05, 0.1) is 11.6 Å². The smallest absolute Gasteiger partial charge is 0.0991 e. The summed E-state index contributed by atoms with van der Waals surface area (Å²) < 4.78 is 0. The fourth-order valence-electron chi connectivity index (χ4n) is 7.52. The van der Waals surface area contributed by atoms with Crippen LogP contribution in [0, 0.1) is 11.3 Å². The molecule has 238 valence electrons. The predicted octanol–water partition coefficient (Wildman–Crippen LogP) is 13.5. The topological polar surface area (TPSA) is 27.0 Å². The van der Waals surface area contributed by atoms with Crippen molar-refractivity contribution >= 4 is 49.4 Å². The van der Waals surface area contributed by atoms with Crippen LogP contribution in [0.15, 0.2) is 194 Å². The molecule has 0 unspecified atom stereocenters. The van der Waals surface area contributed by atoms with E-state index in [2.05, 4.69) is 175 Å². The highest BCUT2D eigenvalue weighted by molar-refractivity contribution is 6.24. The Labute approximate surface area is 297 Å². The third-order valence-corrected chi connectivity index (χ3v) is 9.87. The molecule has 0 spiro atoms. The van der Waals surface area contributed by atoms with Crippen LogP contribution in [-0.4, -0.2) is 0 Å². The maximum atomic E-state index is 9.40. The lowest BCUT2D eigenvalue weighted by atomic mass is 9.84. The van der Waals surface area contributed by atoms with E-state index in [9.17, 15) is 5.26 Å². The average molecular weight is 649 g/mol. The normalized spacial score (nSPS) is 11.1. The van der Waals surface area contributed by atoms with Crippen molar-refractivity contribution in [2.75, 3.05) is 4.90 Å². The Balaban J connectivity index is 1.25. The molecule has 0 aliphatic rings. The number of para-hydroxylation sites is 1. The average Bonchev–Trinajstić information content (AvgIpc) is 3.21. The highest BCUT2D eigenvalue weighted by Crippen LogP contribution is 2.46. The summed E-state index contributed by atoms with van der Waals surface area (Å²) in [6, 6.07) is 71.1. The predicted molar refractivity (Wildman–Crippen MR) is 215 cm³/mol. The van der Waals surface area contributed by atoms with E-state index >= 15 is 0 Å². The Kier molecular flexibility index (Phi) is 7.58. The fraction of sp³-hybridized carbons (Fsp3) is 0. The fourth-order valence-corrected chi connectivity index (χ4v) is 7.52. The van der Waals surface area contributed by atoms with Crippen LogP contribution in [0.5, 0.6) is 0 Å². The number of nitrogens with zero attached hydrogens (tertiary/aromatic N) is 2. The molecule has 0 saturated heterocycles. The van der Waals surface area contributed by atoms with Gasteiger partial charge in [0.1, 0.15) is 0 Å². The maximum absolute atomic E-state index is 9.40. The minimum Gasteiger partial charge on any atom is -0.311 e. The first kappa shape index (κ1) is 30.1. The zero-order chi connectivity index (χ0) is 34.1. The van der Waals surface area contributed by atoms with Gasteiger partial charge in [0.25, 0.3) is 0 Å². The Morgan fingerprint density at radius 2 is 0.882 bits per heavy atom. The molecule has 9 rings (SSSR count). The minimum atomic E-state index is 0.643. The van der Waals surface area contributed by atoms with Crippen LogP contribution < -0.4 is 4.90 Å². The highest BCUT2D eigenvalue weighted by Gasteiger charge is 2.19. The van der Waals surface area contributed by atoms with E-state index in [1.807, 2.05) is 30.3 Å². The van der Waals surface area contributed by atoms with E-state index in [1.165, 1.54) is 54.6 Å². The van der Waals surface area contributed by atoms with Gasteiger partial charge in [-0.1, -0.05) is 140 Å². The number of nitriles is 1. The van der Waals surface area contributed by atoms with E-state index < -0.39 is 0 Å². The van der Waals surface area contributed by atoms with E-state index in [1.54, 1.807) is 0 Å². The molecule has 2 nitrogen and oxygen atoms in total. The van der Waals surface area contributed by atoms with Crippen LogP contribution in [0.2, 0.25) is 0 Å². The minimum absolute atomic E-state index is 0.643. The molecule has 0 saturated carbocycles. The Morgan fingerprint density at radius 3 is 1.59 bits per heavy atom. The summed E-state index contributed by atoms with van der Waals surface area (Å²) >= 11 is 0. The zero-order valence-electron chi connectivity index (χ0n) is 27.9. The van der Waals surface area contributed by atoms with Gasteiger partial charge < -0.3 is 4.90 Å². The summed E-state index contributed by atoms with van der Waals surface area (Å²) in [5.74, 6) is 0. The molecule has 0 aromatic heterocycles. The first-order chi connectivity index (χ1) is 25.3. The van der Waals surface area contributed by atoms with Gasteiger partial charge in [-0.2, -0.15) is 5.26 Å². The van der Waals surface area contributed by atoms with Crippen molar-refractivity contribution < 1.29 is 0 Å². The maximum Gasteiger partial charge on any atom is 0.0991 e.